The van der Waals surface area contributed by atoms with E-state index >= 15 is 0 Å². The number of fused-ring (bicyclic) bond motifs is 3. The van der Waals surface area contributed by atoms with E-state index in [2.05, 4.69) is 0 Å². The number of ether oxygens (including phenoxy) is 2. The molecule has 88 valence electrons. The summed E-state index contributed by atoms with van der Waals surface area (Å²) in [5.41, 5.74) is 1.02. The zero-order valence-electron chi connectivity index (χ0n) is 9.43. The summed E-state index contributed by atoms with van der Waals surface area (Å²) in [6.07, 6.45) is -0.137. The Balaban J connectivity index is 2.35. The van der Waals surface area contributed by atoms with Gasteiger partial charge in [-0.3, -0.25) is 0 Å². The lowest BCUT2D eigenvalue weighted by Gasteiger charge is -2.12. The lowest BCUT2D eigenvalue weighted by Crippen LogP contribution is -2.03. The van der Waals surface area contributed by atoms with Crippen molar-refractivity contribution in [3.05, 3.63) is 40.2 Å². The first-order valence-electron chi connectivity index (χ1n) is 5.57. The highest BCUT2D eigenvalue weighted by Gasteiger charge is 2.21. The fourth-order valence-electron chi connectivity index (χ4n) is 2.11. The smallest absolute Gasteiger partial charge is 0.336 e. The Kier molecular flexibility index (Phi) is 2.37. The van der Waals surface area contributed by atoms with Crippen LogP contribution in [0.2, 0.25) is 0 Å². The van der Waals surface area contributed by atoms with Gasteiger partial charge in [-0.15, -0.1) is 0 Å². The van der Waals surface area contributed by atoms with Crippen LogP contribution in [0.5, 0.6) is 5.75 Å². The van der Waals surface area contributed by atoms with Crippen molar-refractivity contribution < 1.29 is 13.9 Å². The van der Waals surface area contributed by atoms with Gasteiger partial charge in [0, 0.05) is 11.5 Å². The summed E-state index contributed by atoms with van der Waals surface area (Å²) in [4.78, 5) is 11.3. The average Bonchev–Trinajstić information content (AvgIpc) is 2.51. The third-order valence-corrected chi connectivity index (χ3v) is 2.90. The van der Waals surface area contributed by atoms with Crippen LogP contribution in [0, 0.1) is 0 Å². The molecule has 0 radical (unpaired) electrons. The van der Waals surface area contributed by atoms with Gasteiger partial charge in [0.25, 0.3) is 0 Å². The largest absolute Gasteiger partial charge is 0.491 e. The van der Waals surface area contributed by atoms with Crippen LogP contribution in [0.15, 0.2) is 33.5 Å². The van der Waals surface area contributed by atoms with Crippen molar-refractivity contribution in [3.8, 4) is 5.75 Å². The molecule has 2 heterocycles. The first-order valence-corrected chi connectivity index (χ1v) is 5.57. The van der Waals surface area contributed by atoms with Crippen LogP contribution in [-0.4, -0.2) is 13.2 Å². The Morgan fingerprint density at radius 1 is 1.18 bits per heavy atom. The normalized spacial score (nSPS) is 19.5. The third kappa shape index (κ3) is 1.70. The minimum atomic E-state index is -0.359. The van der Waals surface area contributed by atoms with Crippen molar-refractivity contribution >= 4 is 11.0 Å². The van der Waals surface area contributed by atoms with E-state index in [1.165, 1.54) is 6.07 Å². The standard InChI is InChI=1S/C13H12O4/c1-8-12-10(16-7-6-15-8)4-2-9-3-5-11(14)17-13(9)12/h2-5,8H,6-7H2,1H3/t8-/m0/s1. The molecular formula is C13H12O4. The van der Waals surface area contributed by atoms with E-state index in [0.29, 0.717) is 18.8 Å². The van der Waals surface area contributed by atoms with Gasteiger partial charge in [0.1, 0.15) is 17.9 Å². The fourth-order valence-corrected chi connectivity index (χ4v) is 2.11. The third-order valence-electron chi connectivity index (χ3n) is 2.90. The fraction of sp³-hybridized carbons (Fsp3) is 0.308. The lowest BCUT2D eigenvalue weighted by atomic mass is 10.1. The molecule has 1 aliphatic rings. The Hall–Kier alpha value is -1.81. The van der Waals surface area contributed by atoms with E-state index in [1.807, 2.05) is 19.1 Å². The van der Waals surface area contributed by atoms with Crippen molar-refractivity contribution in [2.45, 2.75) is 13.0 Å². The van der Waals surface area contributed by atoms with E-state index in [1.54, 1.807) is 6.07 Å². The topological polar surface area (TPSA) is 48.7 Å². The molecule has 0 bridgehead atoms. The molecule has 17 heavy (non-hydrogen) atoms. The summed E-state index contributed by atoms with van der Waals surface area (Å²) in [6.45, 7) is 2.98. The number of hydrogen-bond donors (Lipinski definition) is 0. The maximum atomic E-state index is 11.3. The summed E-state index contributed by atoms with van der Waals surface area (Å²) in [7, 11) is 0. The van der Waals surface area contributed by atoms with Crippen LogP contribution in [0.4, 0.5) is 0 Å². The molecule has 0 unspecified atom stereocenters. The first kappa shape index (κ1) is 10.4. The van der Waals surface area contributed by atoms with Crippen molar-refractivity contribution in [3.63, 3.8) is 0 Å². The molecule has 0 saturated carbocycles. The molecule has 0 N–H and O–H groups in total. The quantitative estimate of drug-likeness (QED) is 0.654. The van der Waals surface area contributed by atoms with Crippen molar-refractivity contribution in [2.24, 2.45) is 0 Å². The monoisotopic (exact) mass is 232 g/mol. The van der Waals surface area contributed by atoms with Crippen LogP contribution < -0.4 is 10.4 Å². The summed E-state index contributed by atoms with van der Waals surface area (Å²) in [5.74, 6) is 0.733. The Morgan fingerprint density at radius 2 is 2.00 bits per heavy atom. The van der Waals surface area contributed by atoms with Crippen LogP contribution in [0.25, 0.3) is 11.0 Å². The molecule has 4 nitrogen and oxygen atoms in total. The molecule has 1 aromatic heterocycles. The second kappa shape index (κ2) is 3.89. The van der Waals surface area contributed by atoms with Gasteiger partial charge < -0.3 is 13.9 Å². The number of rotatable bonds is 0. The zero-order chi connectivity index (χ0) is 11.8. The highest BCUT2D eigenvalue weighted by molar-refractivity contribution is 5.82. The molecule has 0 saturated heterocycles. The maximum absolute atomic E-state index is 11.3. The lowest BCUT2D eigenvalue weighted by molar-refractivity contribution is 0.0600. The van der Waals surface area contributed by atoms with Crippen LogP contribution in [-0.2, 0) is 4.74 Å². The molecule has 0 fully saturated rings. The molecule has 3 rings (SSSR count). The molecule has 1 aromatic carbocycles. The molecular weight excluding hydrogens is 220 g/mol. The van der Waals surface area contributed by atoms with E-state index in [9.17, 15) is 4.79 Å². The van der Waals surface area contributed by atoms with Crippen molar-refractivity contribution in [1.82, 2.24) is 0 Å². The summed E-state index contributed by atoms with van der Waals surface area (Å²) >= 11 is 0. The Labute approximate surface area is 97.8 Å². The highest BCUT2D eigenvalue weighted by atomic mass is 16.5. The predicted molar refractivity (Wildman–Crippen MR) is 62.3 cm³/mol. The van der Waals surface area contributed by atoms with Gasteiger partial charge in [-0.1, -0.05) is 0 Å². The SMILES string of the molecule is C[C@@H]1OCCOc2ccc3ccc(=O)oc3c21. The highest BCUT2D eigenvalue weighted by Crippen LogP contribution is 2.35. The second-order valence-corrected chi connectivity index (χ2v) is 4.01. The zero-order valence-corrected chi connectivity index (χ0v) is 9.43. The van der Waals surface area contributed by atoms with E-state index in [4.69, 9.17) is 13.9 Å². The Bertz CT molecular complexity index is 614. The molecule has 0 aliphatic carbocycles. The molecule has 4 heteroatoms. The number of hydrogen-bond acceptors (Lipinski definition) is 4. The van der Waals surface area contributed by atoms with Gasteiger partial charge in [0.2, 0.25) is 0 Å². The van der Waals surface area contributed by atoms with E-state index in [0.717, 1.165) is 16.7 Å². The van der Waals surface area contributed by atoms with Crippen molar-refractivity contribution in [2.75, 3.05) is 13.2 Å². The minimum absolute atomic E-state index is 0.137. The molecule has 0 spiro atoms. The van der Waals surface area contributed by atoms with E-state index in [-0.39, 0.29) is 11.7 Å². The molecule has 1 atom stereocenters. The summed E-state index contributed by atoms with van der Waals surface area (Å²) in [5, 5.41) is 0.879. The van der Waals surface area contributed by atoms with Crippen molar-refractivity contribution in [1.29, 1.82) is 0 Å². The van der Waals surface area contributed by atoms with E-state index < -0.39 is 0 Å². The van der Waals surface area contributed by atoms with Gasteiger partial charge in [0.05, 0.1) is 18.3 Å². The van der Waals surface area contributed by atoms with Gasteiger partial charge in [0.15, 0.2) is 0 Å². The van der Waals surface area contributed by atoms with Gasteiger partial charge in [-0.25, -0.2) is 4.79 Å². The van der Waals surface area contributed by atoms with Crippen LogP contribution >= 0.6 is 0 Å². The molecule has 0 amide bonds. The minimum Gasteiger partial charge on any atom is -0.491 e. The van der Waals surface area contributed by atoms with Gasteiger partial charge >= 0.3 is 5.63 Å². The predicted octanol–water partition coefficient (Wildman–Crippen LogP) is 2.26. The number of benzene rings is 1. The molecule has 1 aliphatic heterocycles. The van der Waals surface area contributed by atoms with Crippen LogP contribution in [0.3, 0.4) is 0 Å². The maximum Gasteiger partial charge on any atom is 0.336 e. The van der Waals surface area contributed by atoms with Gasteiger partial charge in [-0.05, 0) is 25.1 Å². The Morgan fingerprint density at radius 3 is 2.88 bits per heavy atom. The summed E-state index contributed by atoms with van der Waals surface area (Å²) in [6, 6.07) is 6.94. The first-order chi connectivity index (χ1) is 8.25. The summed E-state index contributed by atoms with van der Waals surface area (Å²) < 4.78 is 16.4. The molecule has 2 aromatic rings. The average molecular weight is 232 g/mol. The second-order valence-electron chi connectivity index (χ2n) is 4.01. The van der Waals surface area contributed by atoms with Crippen LogP contribution in [0.1, 0.15) is 18.6 Å². The van der Waals surface area contributed by atoms with Gasteiger partial charge in [-0.2, -0.15) is 0 Å².